The zero-order chi connectivity index (χ0) is 20.5. The van der Waals surface area contributed by atoms with Crippen molar-refractivity contribution in [2.45, 2.75) is 32.9 Å². The van der Waals surface area contributed by atoms with Gasteiger partial charge in [0.25, 0.3) is 0 Å². The van der Waals surface area contributed by atoms with Crippen molar-refractivity contribution in [1.29, 1.82) is 0 Å². The van der Waals surface area contributed by atoms with Gasteiger partial charge in [-0.2, -0.15) is 0 Å². The summed E-state index contributed by atoms with van der Waals surface area (Å²) >= 11 is 6.15. The van der Waals surface area contributed by atoms with E-state index in [1.54, 1.807) is 7.05 Å². The molecule has 1 aromatic rings. The molecule has 164 valence electrons. The number of hydrogen-bond acceptors (Lipinski definition) is 4. The fourth-order valence-corrected chi connectivity index (χ4v) is 3.23. The highest BCUT2D eigenvalue weighted by Gasteiger charge is 2.21. The molecule has 1 atom stereocenters. The number of rotatable bonds is 7. The van der Waals surface area contributed by atoms with E-state index in [9.17, 15) is 4.79 Å². The first kappa shape index (κ1) is 25.8. The molecule has 0 aromatic heterocycles. The van der Waals surface area contributed by atoms with Crippen molar-refractivity contribution in [3.8, 4) is 5.75 Å². The highest BCUT2D eigenvalue weighted by Crippen LogP contribution is 2.24. The summed E-state index contributed by atoms with van der Waals surface area (Å²) in [5.74, 6) is 1.61. The van der Waals surface area contributed by atoms with Crippen molar-refractivity contribution >= 4 is 47.4 Å². The molecule has 1 aliphatic heterocycles. The maximum atomic E-state index is 11.9. The number of guanidine groups is 1. The highest BCUT2D eigenvalue weighted by atomic mass is 127. The van der Waals surface area contributed by atoms with Crippen LogP contribution in [0, 0.1) is 0 Å². The third-order valence-corrected chi connectivity index (χ3v) is 4.73. The van der Waals surface area contributed by atoms with Gasteiger partial charge in [0.2, 0.25) is 5.91 Å². The van der Waals surface area contributed by atoms with Gasteiger partial charge >= 0.3 is 0 Å². The summed E-state index contributed by atoms with van der Waals surface area (Å²) in [6.45, 7) is 10.3. The van der Waals surface area contributed by atoms with Crippen LogP contribution in [0.2, 0.25) is 5.02 Å². The molecule has 1 fully saturated rings. The third kappa shape index (κ3) is 8.96. The van der Waals surface area contributed by atoms with Gasteiger partial charge in [-0.25, -0.2) is 0 Å². The van der Waals surface area contributed by atoms with Crippen molar-refractivity contribution < 1.29 is 9.53 Å². The van der Waals surface area contributed by atoms with Gasteiger partial charge in [-0.05, 0) is 32.9 Å². The lowest BCUT2D eigenvalue weighted by molar-refractivity contribution is -0.123. The number of piperazine rings is 1. The molecule has 2 N–H and O–H groups in total. The SMILES string of the molecule is CN=C(NCC(C)Oc1ccccc1Cl)N1CCN(CC(=O)NC(C)C)CC1.I. The van der Waals surface area contributed by atoms with Crippen molar-refractivity contribution in [1.82, 2.24) is 20.4 Å². The molecule has 1 saturated heterocycles. The smallest absolute Gasteiger partial charge is 0.234 e. The highest BCUT2D eigenvalue weighted by molar-refractivity contribution is 14.0. The van der Waals surface area contributed by atoms with Crippen LogP contribution in [0.3, 0.4) is 0 Å². The van der Waals surface area contributed by atoms with Crippen molar-refractivity contribution in [2.24, 2.45) is 4.99 Å². The monoisotopic (exact) mass is 537 g/mol. The van der Waals surface area contributed by atoms with Gasteiger partial charge in [-0.15, -0.1) is 24.0 Å². The number of para-hydroxylation sites is 1. The van der Waals surface area contributed by atoms with E-state index in [0.717, 1.165) is 32.1 Å². The minimum Gasteiger partial charge on any atom is -0.487 e. The predicted molar refractivity (Wildman–Crippen MR) is 130 cm³/mol. The molecule has 0 radical (unpaired) electrons. The number of halogens is 2. The Hall–Kier alpha value is -1.26. The number of benzene rings is 1. The maximum Gasteiger partial charge on any atom is 0.234 e. The summed E-state index contributed by atoms with van der Waals surface area (Å²) in [5.41, 5.74) is 0. The van der Waals surface area contributed by atoms with Gasteiger partial charge in [0.1, 0.15) is 11.9 Å². The molecule has 1 aromatic carbocycles. The van der Waals surface area contributed by atoms with E-state index >= 15 is 0 Å². The molecule has 1 aliphatic rings. The summed E-state index contributed by atoms with van der Waals surface area (Å²) in [6, 6.07) is 7.64. The van der Waals surface area contributed by atoms with E-state index in [4.69, 9.17) is 16.3 Å². The number of ether oxygens (including phenoxy) is 1. The topological polar surface area (TPSA) is 69.2 Å². The average Bonchev–Trinajstić information content (AvgIpc) is 2.64. The lowest BCUT2D eigenvalue weighted by Crippen LogP contribution is -2.55. The summed E-state index contributed by atoms with van der Waals surface area (Å²) in [6.07, 6.45) is -0.0577. The zero-order valence-corrected chi connectivity index (χ0v) is 20.7. The van der Waals surface area contributed by atoms with Crippen LogP contribution in [-0.2, 0) is 4.79 Å². The summed E-state index contributed by atoms with van der Waals surface area (Å²) in [5, 5.41) is 6.92. The molecule has 29 heavy (non-hydrogen) atoms. The van der Waals surface area contributed by atoms with Crippen LogP contribution >= 0.6 is 35.6 Å². The number of nitrogens with zero attached hydrogens (tertiary/aromatic N) is 3. The van der Waals surface area contributed by atoms with Gasteiger partial charge in [0, 0.05) is 39.3 Å². The van der Waals surface area contributed by atoms with E-state index < -0.39 is 0 Å². The van der Waals surface area contributed by atoms with Crippen LogP contribution in [0.5, 0.6) is 5.75 Å². The largest absolute Gasteiger partial charge is 0.487 e. The molecule has 0 spiro atoms. The number of carbonyl (C=O) groups excluding carboxylic acids is 1. The van der Waals surface area contributed by atoms with E-state index in [1.165, 1.54) is 0 Å². The third-order valence-electron chi connectivity index (χ3n) is 4.41. The van der Waals surface area contributed by atoms with Crippen LogP contribution in [0.15, 0.2) is 29.3 Å². The fourth-order valence-electron chi connectivity index (χ4n) is 3.05. The first-order valence-electron chi connectivity index (χ1n) is 9.77. The number of aliphatic imine (C=N–C) groups is 1. The number of carbonyl (C=O) groups is 1. The van der Waals surface area contributed by atoms with Crippen LogP contribution in [0.4, 0.5) is 0 Å². The standard InChI is InChI=1S/C20H32ClN5O2.HI/c1-15(2)24-19(27)14-25-9-11-26(12-10-25)20(22-4)23-13-16(3)28-18-8-6-5-7-17(18)21;/h5-8,15-16H,9-14H2,1-4H3,(H,22,23)(H,24,27);1H. The van der Waals surface area contributed by atoms with Gasteiger partial charge in [0.15, 0.2) is 5.96 Å². The summed E-state index contributed by atoms with van der Waals surface area (Å²) in [4.78, 5) is 20.7. The molecule has 1 heterocycles. The molecule has 1 unspecified atom stereocenters. The molecule has 7 nitrogen and oxygen atoms in total. The van der Waals surface area contributed by atoms with Crippen LogP contribution in [0.1, 0.15) is 20.8 Å². The number of hydrogen-bond donors (Lipinski definition) is 2. The van der Waals surface area contributed by atoms with Crippen molar-refractivity contribution in [2.75, 3.05) is 46.3 Å². The Balaban J connectivity index is 0.00000420. The number of amides is 1. The number of nitrogens with one attached hydrogen (secondary N) is 2. The first-order chi connectivity index (χ1) is 13.4. The van der Waals surface area contributed by atoms with Crippen LogP contribution < -0.4 is 15.4 Å². The normalized spacial score (nSPS) is 16.2. The Morgan fingerprint density at radius 1 is 1.21 bits per heavy atom. The lowest BCUT2D eigenvalue weighted by Gasteiger charge is -2.36. The van der Waals surface area contributed by atoms with Gasteiger partial charge in [0.05, 0.1) is 18.1 Å². The average molecular weight is 538 g/mol. The Bertz CT molecular complexity index is 666. The van der Waals surface area contributed by atoms with Crippen LogP contribution in [0.25, 0.3) is 0 Å². The molecular formula is C20H33ClIN5O2. The molecule has 2 rings (SSSR count). The molecular weight excluding hydrogens is 505 g/mol. The Labute approximate surface area is 196 Å². The minimum atomic E-state index is -0.0577. The maximum absolute atomic E-state index is 11.9. The molecule has 0 aliphatic carbocycles. The second-order valence-corrected chi connectivity index (χ2v) is 7.68. The summed E-state index contributed by atoms with van der Waals surface area (Å²) in [7, 11) is 1.78. The Morgan fingerprint density at radius 2 is 1.86 bits per heavy atom. The lowest BCUT2D eigenvalue weighted by atomic mass is 10.3. The first-order valence-corrected chi connectivity index (χ1v) is 10.1. The van der Waals surface area contributed by atoms with Crippen molar-refractivity contribution in [3.63, 3.8) is 0 Å². The van der Waals surface area contributed by atoms with E-state index in [2.05, 4.69) is 25.4 Å². The van der Waals surface area contributed by atoms with Gasteiger partial charge < -0.3 is 20.3 Å². The van der Waals surface area contributed by atoms with E-state index in [1.807, 2.05) is 45.0 Å². The fraction of sp³-hybridized carbons (Fsp3) is 0.600. The predicted octanol–water partition coefficient (Wildman–Crippen LogP) is 2.44. The second kappa shape index (κ2) is 13.1. The molecule has 0 saturated carbocycles. The second-order valence-electron chi connectivity index (χ2n) is 7.27. The van der Waals surface area contributed by atoms with Gasteiger partial charge in [-0.3, -0.25) is 14.7 Å². The Kier molecular flexibility index (Phi) is 11.7. The quantitative estimate of drug-likeness (QED) is 0.318. The van der Waals surface area contributed by atoms with E-state index in [-0.39, 0.29) is 42.0 Å². The molecule has 9 heteroatoms. The Morgan fingerprint density at radius 3 is 2.45 bits per heavy atom. The molecule has 0 bridgehead atoms. The molecule has 1 amide bonds. The van der Waals surface area contributed by atoms with E-state index in [0.29, 0.717) is 23.9 Å². The van der Waals surface area contributed by atoms with Crippen LogP contribution in [-0.4, -0.2) is 80.1 Å². The minimum absolute atomic E-state index is 0. The van der Waals surface area contributed by atoms with Crippen molar-refractivity contribution in [3.05, 3.63) is 29.3 Å². The summed E-state index contributed by atoms with van der Waals surface area (Å²) < 4.78 is 5.90. The zero-order valence-electron chi connectivity index (χ0n) is 17.7. The van der Waals surface area contributed by atoms with Gasteiger partial charge in [-0.1, -0.05) is 23.7 Å².